The molecule has 158 valence electrons. The van der Waals surface area contributed by atoms with Crippen LogP contribution in [-0.2, 0) is 4.79 Å². The minimum absolute atomic E-state index is 0.00383. The molecule has 0 aliphatic carbocycles. The summed E-state index contributed by atoms with van der Waals surface area (Å²) >= 11 is 1.56. The SMILES string of the molecule is CN(C)c1ccc(N2C(=O)CSC2c2ccc(NC(=O)c3ccccc3F)cc2)cc1. The second-order valence-corrected chi connectivity index (χ2v) is 8.46. The number of hydrogen-bond donors (Lipinski definition) is 1. The van der Waals surface area contributed by atoms with Crippen molar-refractivity contribution in [2.24, 2.45) is 0 Å². The molecule has 1 atom stereocenters. The molecule has 1 unspecified atom stereocenters. The van der Waals surface area contributed by atoms with Gasteiger partial charge in [-0.3, -0.25) is 14.5 Å². The maximum atomic E-state index is 13.8. The largest absolute Gasteiger partial charge is 0.378 e. The zero-order valence-electron chi connectivity index (χ0n) is 17.2. The second kappa shape index (κ2) is 8.81. The Labute approximate surface area is 184 Å². The van der Waals surface area contributed by atoms with E-state index in [0.717, 1.165) is 16.9 Å². The molecule has 3 aromatic rings. The number of nitrogens with zero attached hydrogens (tertiary/aromatic N) is 2. The summed E-state index contributed by atoms with van der Waals surface area (Å²) in [5.41, 5.74) is 3.43. The standard InChI is InChI=1S/C24H22FN3O2S/c1-27(2)18-11-13-19(14-12-18)28-22(29)15-31-24(28)16-7-9-17(10-8-16)26-23(30)20-5-3-4-6-21(20)25/h3-14,24H,15H2,1-2H3,(H,26,30). The number of thioether (sulfide) groups is 1. The Morgan fingerprint density at radius 3 is 2.35 bits per heavy atom. The Balaban J connectivity index is 1.51. The highest BCUT2D eigenvalue weighted by atomic mass is 32.2. The number of hydrogen-bond acceptors (Lipinski definition) is 4. The predicted molar refractivity (Wildman–Crippen MR) is 124 cm³/mol. The summed E-state index contributed by atoms with van der Waals surface area (Å²) in [4.78, 5) is 28.7. The fourth-order valence-corrected chi connectivity index (χ4v) is 4.61. The highest BCUT2D eigenvalue weighted by Gasteiger charge is 2.34. The highest BCUT2D eigenvalue weighted by Crippen LogP contribution is 2.42. The molecule has 0 radical (unpaired) electrons. The summed E-state index contributed by atoms with van der Waals surface area (Å²) in [5, 5.41) is 2.57. The van der Waals surface area contributed by atoms with Crippen LogP contribution in [0.15, 0.2) is 72.8 Å². The molecular formula is C24H22FN3O2S. The normalized spacial score (nSPS) is 15.8. The summed E-state index contributed by atoms with van der Waals surface area (Å²) in [6, 6.07) is 21.1. The van der Waals surface area contributed by atoms with Crippen molar-refractivity contribution in [3.05, 3.63) is 89.7 Å². The van der Waals surface area contributed by atoms with Gasteiger partial charge in [0.15, 0.2) is 0 Å². The van der Waals surface area contributed by atoms with Gasteiger partial charge in [0.25, 0.3) is 5.91 Å². The molecule has 1 aliphatic rings. The van der Waals surface area contributed by atoms with Crippen molar-refractivity contribution in [2.45, 2.75) is 5.37 Å². The Morgan fingerprint density at radius 2 is 1.71 bits per heavy atom. The number of rotatable bonds is 5. The summed E-state index contributed by atoms with van der Waals surface area (Å²) in [5.74, 6) is -0.594. The Morgan fingerprint density at radius 1 is 1.03 bits per heavy atom. The molecule has 0 bridgehead atoms. The highest BCUT2D eigenvalue weighted by molar-refractivity contribution is 8.00. The third-order valence-corrected chi connectivity index (χ3v) is 6.30. The summed E-state index contributed by atoms with van der Waals surface area (Å²) < 4.78 is 13.8. The maximum absolute atomic E-state index is 13.8. The van der Waals surface area contributed by atoms with Gasteiger partial charge < -0.3 is 10.2 Å². The van der Waals surface area contributed by atoms with Crippen molar-refractivity contribution < 1.29 is 14.0 Å². The minimum Gasteiger partial charge on any atom is -0.378 e. The molecule has 1 aliphatic heterocycles. The van der Waals surface area contributed by atoms with Crippen molar-refractivity contribution in [2.75, 3.05) is 35.0 Å². The topological polar surface area (TPSA) is 52.6 Å². The van der Waals surface area contributed by atoms with Crippen LogP contribution in [-0.4, -0.2) is 31.7 Å². The number of carbonyl (C=O) groups is 2. The lowest BCUT2D eigenvalue weighted by molar-refractivity contribution is -0.115. The van der Waals surface area contributed by atoms with Crippen LogP contribution >= 0.6 is 11.8 Å². The average Bonchev–Trinajstić information content (AvgIpc) is 3.16. The molecule has 1 saturated heterocycles. The van der Waals surface area contributed by atoms with Crippen LogP contribution in [0.4, 0.5) is 21.5 Å². The molecule has 0 spiro atoms. The molecule has 1 N–H and O–H groups in total. The van der Waals surface area contributed by atoms with Crippen LogP contribution in [0.3, 0.4) is 0 Å². The first-order chi connectivity index (χ1) is 14.9. The monoisotopic (exact) mass is 435 g/mol. The first kappa shape index (κ1) is 20.9. The molecule has 0 saturated carbocycles. The van der Waals surface area contributed by atoms with Crippen LogP contribution in [0, 0.1) is 5.82 Å². The van der Waals surface area contributed by atoms with Crippen LogP contribution in [0.2, 0.25) is 0 Å². The van der Waals surface area contributed by atoms with Crippen LogP contribution in [0.25, 0.3) is 0 Å². The number of amides is 2. The summed E-state index contributed by atoms with van der Waals surface area (Å²) in [6.07, 6.45) is 0. The van der Waals surface area contributed by atoms with Gasteiger partial charge in [0.1, 0.15) is 11.2 Å². The van der Waals surface area contributed by atoms with E-state index in [1.165, 1.54) is 12.1 Å². The number of benzene rings is 3. The van der Waals surface area contributed by atoms with E-state index < -0.39 is 11.7 Å². The smallest absolute Gasteiger partial charge is 0.258 e. The van der Waals surface area contributed by atoms with Crippen LogP contribution in [0.5, 0.6) is 0 Å². The molecule has 0 aromatic heterocycles. The van der Waals surface area contributed by atoms with Gasteiger partial charge >= 0.3 is 0 Å². The van der Waals surface area contributed by atoms with Gasteiger partial charge in [0.05, 0.1) is 11.3 Å². The van der Waals surface area contributed by atoms with Gasteiger partial charge in [-0.25, -0.2) is 4.39 Å². The molecule has 3 aromatic carbocycles. The third kappa shape index (κ3) is 4.41. The fourth-order valence-electron chi connectivity index (χ4n) is 3.44. The van der Waals surface area contributed by atoms with E-state index in [4.69, 9.17) is 0 Å². The van der Waals surface area contributed by atoms with Crippen LogP contribution < -0.4 is 15.1 Å². The minimum atomic E-state index is -0.562. The van der Waals surface area contributed by atoms with Crippen molar-refractivity contribution in [3.63, 3.8) is 0 Å². The van der Waals surface area contributed by atoms with E-state index in [9.17, 15) is 14.0 Å². The molecule has 2 amide bonds. The maximum Gasteiger partial charge on any atom is 0.258 e. The summed E-state index contributed by atoms with van der Waals surface area (Å²) in [6.45, 7) is 0. The van der Waals surface area contributed by atoms with E-state index in [1.54, 1.807) is 40.9 Å². The number of anilines is 3. The third-order valence-electron chi connectivity index (χ3n) is 5.08. The van der Waals surface area contributed by atoms with E-state index >= 15 is 0 Å². The van der Waals surface area contributed by atoms with Gasteiger partial charge in [0.2, 0.25) is 5.91 Å². The second-order valence-electron chi connectivity index (χ2n) is 7.39. The lowest BCUT2D eigenvalue weighted by atomic mass is 10.1. The van der Waals surface area contributed by atoms with Gasteiger partial charge in [-0.2, -0.15) is 0 Å². The molecule has 5 nitrogen and oxygen atoms in total. The molecule has 1 fully saturated rings. The van der Waals surface area contributed by atoms with Gasteiger partial charge in [-0.1, -0.05) is 24.3 Å². The Hall–Kier alpha value is -3.32. The average molecular weight is 436 g/mol. The van der Waals surface area contributed by atoms with E-state index in [1.807, 2.05) is 55.4 Å². The van der Waals surface area contributed by atoms with E-state index in [2.05, 4.69) is 5.32 Å². The first-order valence-corrected chi connectivity index (χ1v) is 10.9. The number of nitrogens with one attached hydrogen (secondary N) is 1. The lowest BCUT2D eigenvalue weighted by Crippen LogP contribution is -2.27. The van der Waals surface area contributed by atoms with Crippen molar-refractivity contribution in [3.8, 4) is 0 Å². The quantitative estimate of drug-likeness (QED) is 0.618. The van der Waals surface area contributed by atoms with Crippen LogP contribution in [0.1, 0.15) is 21.3 Å². The zero-order valence-corrected chi connectivity index (χ0v) is 18.0. The molecular weight excluding hydrogens is 413 g/mol. The molecule has 7 heteroatoms. The predicted octanol–water partition coefficient (Wildman–Crippen LogP) is 4.92. The molecule has 31 heavy (non-hydrogen) atoms. The van der Waals surface area contributed by atoms with E-state index in [-0.39, 0.29) is 16.8 Å². The van der Waals surface area contributed by atoms with E-state index in [0.29, 0.717) is 11.4 Å². The zero-order chi connectivity index (χ0) is 22.0. The number of halogens is 1. The Bertz CT molecular complexity index is 1100. The van der Waals surface area contributed by atoms with Gasteiger partial charge in [-0.15, -0.1) is 11.8 Å². The van der Waals surface area contributed by atoms with Crippen molar-refractivity contribution in [1.82, 2.24) is 0 Å². The molecule has 1 heterocycles. The fraction of sp³-hybridized carbons (Fsp3) is 0.167. The summed E-state index contributed by atoms with van der Waals surface area (Å²) in [7, 11) is 3.95. The first-order valence-electron chi connectivity index (χ1n) is 9.81. The van der Waals surface area contributed by atoms with Gasteiger partial charge in [0, 0.05) is 31.2 Å². The lowest BCUT2D eigenvalue weighted by Gasteiger charge is -2.25. The number of carbonyl (C=O) groups excluding carboxylic acids is 2. The molecule has 4 rings (SSSR count). The van der Waals surface area contributed by atoms with Crippen molar-refractivity contribution >= 4 is 40.6 Å². The van der Waals surface area contributed by atoms with Gasteiger partial charge in [-0.05, 0) is 54.1 Å². The Kier molecular flexibility index (Phi) is 5.95. The van der Waals surface area contributed by atoms with Crippen molar-refractivity contribution in [1.29, 1.82) is 0 Å².